The van der Waals surface area contributed by atoms with Crippen LogP contribution in [0.5, 0.6) is 0 Å². The highest BCUT2D eigenvalue weighted by Gasteiger charge is 2.36. The number of aliphatic hydroxyl groups excluding tert-OH is 1. The summed E-state index contributed by atoms with van der Waals surface area (Å²) in [6.45, 7) is 2.01. The second kappa shape index (κ2) is 7.17. The van der Waals surface area contributed by atoms with Crippen LogP contribution in [0.1, 0.15) is 12.5 Å². The van der Waals surface area contributed by atoms with E-state index in [0.29, 0.717) is 27.8 Å². The standard InChI is InChI=1S/C18H17ClF3N3O/c1-11(26)9-23-17-24-10-14(13-4-2-3-5-15(13)19)16-8-12(18(20,21)22)6-7-25(16)17/h2-8,11,26H,9-10H2,1H3,(H,23,24)/t11-/m1/s1. The van der Waals surface area contributed by atoms with E-state index in [1.165, 1.54) is 6.20 Å². The topological polar surface area (TPSA) is 47.9 Å². The number of allylic oxidation sites excluding steroid dienone is 3. The van der Waals surface area contributed by atoms with Crippen molar-refractivity contribution in [3.8, 4) is 0 Å². The smallest absolute Gasteiger partial charge is 0.392 e. The Bertz CT molecular complexity index is 825. The van der Waals surface area contributed by atoms with Crippen LogP contribution in [0.2, 0.25) is 5.02 Å². The van der Waals surface area contributed by atoms with Crippen molar-refractivity contribution in [1.29, 1.82) is 0 Å². The summed E-state index contributed by atoms with van der Waals surface area (Å²) in [5, 5.41) is 12.9. The first kappa shape index (κ1) is 18.5. The number of alkyl halides is 3. The van der Waals surface area contributed by atoms with E-state index >= 15 is 0 Å². The van der Waals surface area contributed by atoms with Gasteiger partial charge in [0.2, 0.25) is 5.96 Å². The maximum absolute atomic E-state index is 13.2. The average Bonchev–Trinajstić information content (AvgIpc) is 2.59. The molecule has 1 aromatic carbocycles. The number of aliphatic imine (C=N–C) groups is 1. The van der Waals surface area contributed by atoms with Gasteiger partial charge in [0.1, 0.15) is 0 Å². The highest BCUT2D eigenvalue weighted by atomic mass is 35.5. The molecule has 0 amide bonds. The number of rotatable bonds is 3. The van der Waals surface area contributed by atoms with Crippen LogP contribution in [-0.4, -0.2) is 41.3 Å². The minimum Gasteiger partial charge on any atom is -0.392 e. The number of guanidine groups is 1. The van der Waals surface area contributed by atoms with Gasteiger partial charge in [-0.15, -0.1) is 0 Å². The first-order valence-corrected chi connectivity index (χ1v) is 8.36. The van der Waals surface area contributed by atoms with Gasteiger partial charge in [-0.2, -0.15) is 13.2 Å². The molecule has 0 radical (unpaired) electrons. The lowest BCUT2D eigenvalue weighted by atomic mass is 9.98. The Balaban J connectivity index is 2.06. The van der Waals surface area contributed by atoms with Crippen LogP contribution in [0, 0.1) is 0 Å². The zero-order valence-electron chi connectivity index (χ0n) is 13.9. The maximum atomic E-state index is 13.2. The molecule has 0 spiro atoms. The normalized spacial score (nSPS) is 18.3. The molecule has 2 aliphatic rings. The molecule has 2 aliphatic heterocycles. The van der Waals surface area contributed by atoms with E-state index in [9.17, 15) is 18.3 Å². The number of nitrogens with zero attached hydrogens (tertiary/aromatic N) is 2. The molecular weight excluding hydrogens is 367 g/mol. The molecule has 138 valence electrons. The Kier molecular flexibility index (Phi) is 5.11. The van der Waals surface area contributed by atoms with Crippen molar-refractivity contribution >= 4 is 23.1 Å². The van der Waals surface area contributed by atoms with Gasteiger partial charge in [0.15, 0.2) is 0 Å². The van der Waals surface area contributed by atoms with Crippen molar-refractivity contribution in [2.45, 2.75) is 19.2 Å². The fraction of sp³-hybridized carbons (Fsp3) is 0.278. The molecule has 0 aromatic heterocycles. The molecule has 2 heterocycles. The number of aliphatic hydroxyl groups is 1. The van der Waals surface area contributed by atoms with Crippen LogP contribution in [0.4, 0.5) is 13.2 Å². The zero-order chi connectivity index (χ0) is 18.9. The fourth-order valence-electron chi connectivity index (χ4n) is 2.71. The average molecular weight is 384 g/mol. The van der Waals surface area contributed by atoms with E-state index < -0.39 is 17.9 Å². The molecule has 2 N–H and O–H groups in total. The first-order valence-electron chi connectivity index (χ1n) is 7.98. The highest BCUT2D eigenvalue weighted by molar-refractivity contribution is 6.32. The number of nitrogens with one attached hydrogen (secondary N) is 1. The molecule has 0 bridgehead atoms. The van der Waals surface area contributed by atoms with Crippen molar-refractivity contribution in [2.75, 3.05) is 13.1 Å². The van der Waals surface area contributed by atoms with E-state index in [-0.39, 0.29) is 13.1 Å². The van der Waals surface area contributed by atoms with Gasteiger partial charge in [0, 0.05) is 28.9 Å². The third-order valence-corrected chi connectivity index (χ3v) is 4.29. The number of hydrogen-bond donors (Lipinski definition) is 2. The summed E-state index contributed by atoms with van der Waals surface area (Å²) in [4.78, 5) is 5.96. The van der Waals surface area contributed by atoms with E-state index in [0.717, 1.165) is 12.2 Å². The molecule has 0 fully saturated rings. The van der Waals surface area contributed by atoms with Gasteiger partial charge in [-0.1, -0.05) is 29.8 Å². The summed E-state index contributed by atoms with van der Waals surface area (Å²) in [6, 6.07) is 6.98. The van der Waals surface area contributed by atoms with Gasteiger partial charge >= 0.3 is 6.18 Å². The van der Waals surface area contributed by atoms with Crippen LogP contribution < -0.4 is 5.32 Å². The number of fused-ring (bicyclic) bond motifs is 1. The van der Waals surface area contributed by atoms with Gasteiger partial charge in [0.05, 0.1) is 23.9 Å². The SMILES string of the molecule is C[C@@H](O)CNC1=NCC(c2ccccc2Cl)=C2C=C(C(F)(F)F)C=CN12. The number of halogens is 4. The maximum Gasteiger partial charge on any atom is 0.416 e. The molecule has 1 atom stereocenters. The van der Waals surface area contributed by atoms with Gasteiger partial charge in [-0.05, 0) is 25.1 Å². The lowest BCUT2D eigenvalue weighted by molar-refractivity contribution is -0.0885. The number of hydrogen-bond acceptors (Lipinski definition) is 4. The van der Waals surface area contributed by atoms with E-state index in [4.69, 9.17) is 11.6 Å². The summed E-state index contributed by atoms with van der Waals surface area (Å²) in [5.41, 5.74) is 0.853. The zero-order valence-corrected chi connectivity index (χ0v) is 14.6. The summed E-state index contributed by atoms with van der Waals surface area (Å²) in [6.07, 6.45) is -1.66. The molecule has 26 heavy (non-hydrogen) atoms. The second-order valence-electron chi connectivity index (χ2n) is 6.00. The van der Waals surface area contributed by atoms with Gasteiger partial charge in [0.25, 0.3) is 0 Å². The summed E-state index contributed by atoms with van der Waals surface area (Å²) < 4.78 is 39.6. The molecule has 8 heteroatoms. The second-order valence-corrected chi connectivity index (χ2v) is 6.40. The first-order chi connectivity index (χ1) is 12.3. The lowest BCUT2D eigenvalue weighted by Gasteiger charge is -2.33. The molecular formula is C18H17ClF3N3O. The molecule has 3 rings (SSSR count). The Morgan fingerprint density at radius 3 is 2.73 bits per heavy atom. The molecule has 0 aliphatic carbocycles. The van der Waals surface area contributed by atoms with Crippen LogP contribution in [0.25, 0.3) is 5.57 Å². The molecule has 0 saturated carbocycles. The van der Waals surface area contributed by atoms with Gasteiger partial charge in [-0.3, -0.25) is 4.90 Å². The minimum atomic E-state index is -4.46. The van der Waals surface area contributed by atoms with E-state index in [2.05, 4.69) is 10.3 Å². The van der Waals surface area contributed by atoms with Crippen molar-refractivity contribution in [1.82, 2.24) is 10.2 Å². The monoisotopic (exact) mass is 383 g/mol. The number of benzene rings is 1. The van der Waals surface area contributed by atoms with Crippen molar-refractivity contribution in [3.05, 3.63) is 64.5 Å². The largest absolute Gasteiger partial charge is 0.416 e. The Labute approximate surface area is 154 Å². The van der Waals surface area contributed by atoms with Crippen LogP contribution >= 0.6 is 11.6 Å². The highest BCUT2D eigenvalue weighted by Crippen LogP contribution is 2.37. The lowest BCUT2D eigenvalue weighted by Crippen LogP contribution is -2.43. The Hall–Kier alpha value is -2.25. The third kappa shape index (κ3) is 3.78. The fourth-order valence-corrected chi connectivity index (χ4v) is 2.96. The van der Waals surface area contributed by atoms with Crippen LogP contribution in [0.15, 0.2) is 58.9 Å². The summed E-state index contributed by atoms with van der Waals surface area (Å²) in [5.74, 6) is 0.380. The third-order valence-electron chi connectivity index (χ3n) is 3.96. The van der Waals surface area contributed by atoms with Crippen molar-refractivity contribution in [3.63, 3.8) is 0 Å². The van der Waals surface area contributed by atoms with E-state index in [1.54, 1.807) is 36.1 Å². The Morgan fingerprint density at radius 1 is 1.35 bits per heavy atom. The van der Waals surface area contributed by atoms with E-state index in [1.807, 2.05) is 0 Å². The minimum absolute atomic E-state index is 0.174. The molecule has 4 nitrogen and oxygen atoms in total. The summed E-state index contributed by atoms with van der Waals surface area (Å²) >= 11 is 6.24. The van der Waals surface area contributed by atoms with Gasteiger partial charge in [-0.25, -0.2) is 4.99 Å². The molecule has 0 saturated heterocycles. The molecule has 1 aromatic rings. The summed E-state index contributed by atoms with van der Waals surface area (Å²) in [7, 11) is 0. The predicted molar refractivity (Wildman–Crippen MR) is 95.5 cm³/mol. The van der Waals surface area contributed by atoms with Crippen LogP contribution in [0.3, 0.4) is 0 Å². The van der Waals surface area contributed by atoms with Gasteiger partial charge < -0.3 is 10.4 Å². The predicted octanol–water partition coefficient (Wildman–Crippen LogP) is 3.71. The quantitative estimate of drug-likeness (QED) is 0.836. The Morgan fingerprint density at radius 2 is 2.08 bits per heavy atom. The van der Waals surface area contributed by atoms with Crippen molar-refractivity contribution < 1.29 is 18.3 Å². The van der Waals surface area contributed by atoms with Crippen molar-refractivity contribution in [2.24, 2.45) is 4.99 Å². The molecule has 0 unspecified atom stereocenters. The van der Waals surface area contributed by atoms with Crippen LogP contribution in [-0.2, 0) is 0 Å².